The lowest BCUT2D eigenvalue weighted by Gasteiger charge is -2.07. The third-order valence-electron chi connectivity index (χ3n) is 1.06. The van der Waals surface area contributed by atoms with E-state index in [0.717, 1.165) is 0 Å². The summed E-state index contributed by atoms with van der Waals surface area (Å²) in [4.78, 5) is 0. The molecule has 0 unspecified atom stereocenters. The van der Waals surface area contributed by atoms with E-state index in [1.54, 1.807) is 0 Å². The van der Waals surface area contributed by atoms with E-state index in [-0.39, 0.29) is 13.2 Å². The highest BCUT2D eigenvalue weighted by Crippen LogP contribution is 2.13. The highest BCUT2D eigenvalue weighted by molar-refractivity contribution is 6.17. The molecule has 13 heavy (non-hydrogen) atoms. The Morgan fingerprint density at radius 1 is 1.00 bits per heavy atom. The zero-order valence-corrected chi connectivity index (χ0v) is 7.83. The topological polar surface area (TPSA) is 18.5 Å². The van der Waals surface area contributed by atoms with Gasteiger partial charge in [-0.2, -0.15) is 13.2 Å². The van der Waals surface area contributed by atoms with Crippen LogP contribution in [0.3, 0.4) is 0 Å². The molecular weight excluding hydrogens is 209 g/mol. The number of halogens is 4. The molecule has 0 N–H and O–H groups in total. The van der Waals surface area contributed by atoms with Crippen LogP contribution in [-0.2, 0) is 9.47 Å². The van der Waals surface area contributed by atoms with E-state index in [9.17, 15) is 13.2 Å². The fraction of sp³-hybridized carbons (Fsp3) is 1.00. The molecule has 0 heterocycles. The van der Waals surface area contributed by atoms with Gasteiger partial charge in [0.2, 0.25) is 0 Å². The predicted molar refractivity (Wildman–Crippen MR) is 43.0 cm³/mol. The summed E-state index contributed by atoms with van der Waals surface area (Å²) in [5.74, 6) is 0.489. The Labute approximate surface area is 80.0 Å². The van der Waals surface area contributed by atoms with E-state index in [4.69, 9.17) is 16.3 Å². The summed E-state index contributed by atoms with van der Waals surface area (Å²) in [6, 6.07) is 0. The molecule has 0 fully saturated rings. The molecule has 0 spiro atoms. The Balaban J connectivity index is 3.00. The average molecular weight is 221 g/mol. The molecule has 0 aliphatic rings. The fourth-order valence-corrected chi connectivity index (χ4v) is 0.674. The highest BCUT2D eigenvalue weighted by Gasteiger charge is 2.27. The van der Waals surface area contributed by atoms with Gasteiger partial charge in [0.05, 0.1) is 13.2 Å². The second kappa shape index (κ2) is 7.41. The number of ether oxygens (including phenoxy) is 2. The van der Waals surface area contributed by atoms with Gasteiger partial charge in [-0.1, -0.05) is 0 Å². The van der Waals surface area contributed by atoms with Crippen LogP contribution in [0, 0.1) is 0 Å². The van der Waals surface area contributed by atoms with Crippen molar-refractivity contribution in [3.8, 4) is 0 Å². The van der Waals surface area contributed by atoms with Gasteiger partial charge in [-0.15, -0.1) is 11.6 Å². The Bertz CT molecular complexity index is 119. The van der Waals surface area contributed by atoms with Crippen LogP contribution < -0.4 is 0 Å². The summed E-state index contributed by atoms with van der Waals surface area (Å²) in [7, 11) is 0. The van der Waals surface area contributed by atoms with Crippen LogP contribution >= 0.6 is 11.6 Å². The van der Waals surface area contributed by atoms with Gasteiger partial charge in [-0.25, -0.2) is 0 Å². The maximum Gasteiger partial charge on any atom is 0.411 e. The van der Waals surface area contributed by atoms with Crippen molar-refractivity contribution in [3.05, 3.63) is 0 Å². The van der Waals surface area contributed by atoms with Gasteiger partial charge in [0.25, 0.3) is 0 Å². The average Bonchev–Trinajstić information content (AvgIpc) is 2.01. The fourth-order valence-electron chi connectivity index (χ4n) is 0.564. The van der Waals surface area contributed by atoms with Crippen LogP contribution in [0.1, 0.15) is 6.42 Å². The molecular formula is C7H12ClF3O2. The minimum Gasteiger partial charge on any atom is -0.379 e. The van der Waals surface area contributed by atoms with Crippen molar-refractivity contribution in [2.24, 2.45) is 0 Å². The van der Waals surface area contributed by atoms with Crippen molar-refractivity contribution >= 4 is 11.6 Å². The molecule has 0 aromatic carbocycles. The van der Waals surface area contributed by atoms with Crippen molar-refractivity contribution in [1.29, 1.82) is 0 Å². The molecule has 0 aliphatic carbocycles. The summed E-state index contributed by atoms with van der Waals surface area (Å²) < 4.78 is 43.7. The summed E-state index contributed by atoms with van der Waals surface area (Å²) in [5, 5.41) is 0. The van der Waals surface area contributed by atoms with Gasteiger partial charge in [0, 0.05) is 12.5 Å². The van der Waals surface area contributed by atoms with Crippen LogP contribution in [0.2, 0.25) is 0 Å². The largest absolute Gasteiger partial charge is 0.411 e. The molecule has 0 saturated carbocycles. The molecule has 0 bridgehead atoms. The number of rotatable bonds is 7. The second-order valence-electron chi connectivity index (χ2n) is 2.32. The first-order valence-corrected chi connectivity index (χ1v) is 4.38. The molecule has 0 aromatic rings. The molecule has 6 heteroatoms. The van der Waals surface area contributed by atoms with Gasteiger partial charge in [-0.3, -0.25) is 0 Å². The van der Waals surface area contributed by atoms with Crippen molar-refractivity contribution in [3.63, 3.8) is 0 Å². The lowest BCUT2D eigenvalue weighted by Crippen LogP contribution is -2.19. The van der Waals surface area contributed by atoms with Gasteiger partial charge in [0.15, 0.2) is 0 Å². The van der Waals surface area contributed by atoms with E-state index in [1.807, 2.05) is 0 Å². The van der Waals surface area contributed by atoms with Gasteiger partial charge in [0.1, 0.15) is 6.61 Å². The smallest absolute Gasteiger partial charge is 0.379 e. The van der Waals surface area contributed by atoms with E-state index in [2.05, 4.69) is 4.74 Å². The van der Waals surface area contributed by atoms with Crippen molar-refractivity contribution in [2.45, 2.75) is 12.6 Å². The third-order valence-corrected chi connectivity index (χ3v) is 1.33. The SMILES string of the molecule is FC(F)(F)COCCOCCCCl. The zero-order chi connectivity index (χ0) is 10.2. The van der Waals surface area contributed by atoms with E-state index in [0.29, 0.717) is 18.9 Å². The monoisotopic (exact) mass is 220 g/mol. The van der Waals surface area contributed by atoms with E-state index < -0.39 is 12.8 Å². The second-order valence-corrected chi connectivity index (χ2v) is 2.70. The molecule has 0 amide bonds. The predicted octanol–water partition coefficient (Wildman–Crippen LogP) is 2.21. The summed E-state index contributed by atoms with van der Waals surface area (Å²) in [6.45, 7) is -0.625. The first-order chi connectivity index (χ1) is 6.06. The minimum absolute atomic E-state index is 0.0399. The molecule has 0 rings (SSSR count). The lowest BCUT2D eigenvalue weighted by molar-refractivity contribution is -0.176. The standard InChI is InChI=1S/C7H12ClF3O2/c8-2-1-3-12-4-5-13-6-7(9,10)11/h1-6H2. The van der Waals surface area contributed by atoms with E-state index >= 15 is 0 Å². The number of hydrogen-bond donors (Lipinski definition) is 0. The first-order valence-electron chi connectivity index (χ1n) is 3.84. The quantitative estimate of drug-likeness (QED) is 0.484. The van der Waals surface area contributed by atoms with Crippen molar-refractivity contribution < 1.29 is 22.6 Å². The summed E-state index contributed by atoms with van der Waals surface area (Å²) in [5.41, 5.74) is 0. The zero-order valence-electron chi connectivity index (χ0n) is 7.07. The van der Waals surface area contributed by atoms with Crippen LogP contribution in [0.15, 0.2) is 0 Å². The van der Waals surface area contributed by atoms with Crippen molar-refractivity contribution in [1.82, 2.24) is 0 Å². The highest BCUT2D eigenvalue weighted by atomic mass is 35.5. The molecule has 0 saturated heterocycles. The summed E-state index contributed by atoms with van der Waals surface area (Å²) in [6.07, 6.45) is -3.56. The Morgan fingerprint density at radius 3 is 2.15 bits per heavy atom. The molecule has 0 atom stereocenters. The molecule has 80 valence electrons. The molecule has 0 aromatic heterocycles. The number of alkyl halides is 4. The Kier molecular flexibility index (Phi) is 7.41. The normalized spacial score (nSPS) is 12.0. The van der Waals surface area contributed by atoms with Gasteiger partial charge < -0.3 is 9.47 Å². The molecule has 0 aliphatic heterocycles. The van der Waals surface area contributed by atoms with Gasteiger partial charge >= 0.3 is 6.18 Å². The van der Waals surface area contributed by atoms with Crippen LogP contribution in [0.25, 0.3) is 0 Å². The molecule has 2 nitrogen and oxygen atoms in total. The van der Waals surface area contributed by atoms with Crippen molar-refractivity contribution in [2.75, 3.05) is 32.3 Å². The van der Waals surface area contributed by atoms with E-state index in [1.165, 1.54) is 0 Å². The first kappa shape index (κ1) is 13.0. The lowest BCUT2D eigenvalue weighted by atomic mass is 10.5. The Morgan fingerprint density at radius 2 is 1.62 bits per heavy atom. The Hall–Kier alpha value is 0. The summed E-state index contributed by atoms with van der Waals surface area (Å²) >= 11 is 5.34. The maximum absolute atomic E-state index is 11.5. The van der Waals surface area contributed by atoms with Crippen LogP contribution in [0.4, 0.5) is 13.2 Å². The van der Waals surface area contributed by atoms with Crippen LogP contribution in [0.5, 0.6) is 0 Å². The third kappa shape index (κ3) is 12.0. The molecule has 0 radical (unpaired) electrons. The minimum atomic E-state index is -4.25. The maximum atomic E-state index is 11.5. The van der Waals surface area contributed by atoms with Gasteiger partial charge in [-0.05, 0) is 6.42 Å². The van der Waals surface area contributed by atoms with Crippen LogP contribution in [-0.4, -0.2) is 38.5 Å². The number of hydrogen-bond acceptors (Lipinski definition) is 2.